The highest BCUT2D eigenvalue weighted by Gasteiger charge is 2.41. The van der Waals surface area contributed by atoms with Crippen molar-refractivity contribution in [2.24, 2.45) is 0 Å². The highest BCUT2D eigenvalue weighted by Crippen LogP contribution is 2.39. The molecular weight excluding hydrogens is 425 g/mol. The van der Waals surface area contributed by atoms with Gasteiger partial charge in [-0.1, -0.05) is 6.07 Å². The van der Waals surface area contributed by atoms with Crippen molar-refractivity contribution in [2.75, 3.05) is 39.4 Å². The number of aromatic nitrogens is 2. The molecule has 32 heavy (non-hydrogen) atoms. The van der Waals surface area contributed by atoms with E-state index in [4.69, 9.17) is 17.0 Å². The second-order valence-electron chi connectivity index (χ2n) is 8.05. The van der Waals surface area contributed by atoms with E-state index in [-0.39, 0.29) is 17.9 Å². The minimum atomic E-state index is -0.246. The van der Waals surface area contributed by atoms with E-state index < -0.39 is 0 Å². The quantitative estimate of drug-likeness (QED) is 0.581. The molecule has 2 aromatic heterocycles. The van der Waals surface area contributed by atoms with E-state index in [9.17, 15) is 4.39 Å². The predicted octanol–water partition coefficient (Wildman–Crippen LogP) is 3.32. The molecule has 0 unspecified atom stereocenters. The maximum absolute atomic E-state index is 13.5. The molecule has 2 atom stereocenters. The largest absolute Gasteiger partial charge is 0.379 e. The fourth-order valence-electron chi connectivity index (χ4n) is 4.51. The Bertz CT molecular complexity index is 1050. The minimum absolute atomic E-state index is 0.0431. The Kier molecular flexibility index (Phi) is 6.16. The van der Waals surface area contributed by atoms with Crippen molar-refractivity contribution in [3.63, 3.8) is 0 Å². The fraction of sp³-hybridized carbons (Fsp3) is 0.333. The van der Waals surface area contributed by atoms with Gasteiger partial charge in [0.05, 0.1) is 31.0 Å². The summed E-state index contributed by atoms with van der Waals surface area (Å²) in [6, 6.07) is 16.5. The standard InChI is InChI=1S/C24H26FN5OS/c25-18-6-8-19(9-7-18)29-11-3-5-21(29)23-22(20-4-1-2-10-26-20)27-24(32)30(23)13-12-28-14-16-31-17-15-28/h1-11,22-23H,12-17H2,(H,27,32)/t22-,23-/m0/s1. The van der Waals surface area contributed by atoms with Gasteiger partial charge in [0, 0.05) is 50.0 Å². The third kappa shape index (κ3) is 4.26. The van der Waals surface area contributed by atoms with E-state index in [0.717, 1.165) is 61.6 Å². The summed E-state index contributed by atoms with van der Waals surface area (Å²) in [5, 5.41) is 4.24. The van der Waals surface area contributed by atoms with Crippen LogP contribution in [0.1, 0.15) is 23.5 Å². The molecule has 1 N–H and O–H groups in total. The number of pyridine rings is 1. The number of hydrogen-bond acceptors (Lipinski definition) is 4. The number of morpholine rings is 1. The molecule has 0 spiro atoms. The number of thiocarbonyl (C=S) groups is 1. The first kappa shape index (κ1) is 21.1. The van der Waals surface area contributed by atoms with Gasteiger partial charge in [-0.3, -0.25) is 9.88 Å². The van der Waals surface area contributed by atoms with Crippen molar-refractivity contribution in [1.82, 2.24) is 24.7 Å². The Hall–Kier alpha value is -2.81. The van der Waals surface area contributed by atoms with Crippen molar-refractivity contribution < 1.29 is 9.13 Å². The smallest absolute Gasteiger partial charge is 0.170 e. The van der Waals surface area contributed by atoms with Crippen LogP contribution in [0.4, 0.5) is 4.39 Å². The van der Waals surface area contributed by atoms with Crippen LogP contribution in [0, 0.1) is 5.82 Å². The van der Waals surface area contributed by atoms with Crippen LogP contribution in [0.15, 0.2) is 67.0 Å². The van der Waals surface area contributed by atoms with Crippen molar-refractivity contribution in [2.45, 2.75) is 12.1 Å². The second-order valence-corrected chi connectivity index (χ2v) is 8.44. The van der Waals surface area contributed by atoms with Gasteiger partial charge in [0.15, 0.2) is 5.11 Å². The molecule has 0 amide bonds. The molecule has 8 heteroatoms. The highest BCUT2D eigenvalue weighted by atomic mass is 32.1. The first-order valence-corrected chi connectivity index (χ1v) is 11.3. The number of benzene rings is 1. The van der Waals surface area contributed by atoms with Crippen molar-refractivity contribution in [1.29, 1.82) is 0 Å². The van der Waals surface area contributed by atoms with Crippen LogP contribution in [0.25, 0.3) is 5.69 Å². The molecule has 166 valence electrons. The molecule has 2 aliphatic rings. The average Bonchev–Trinajstić information content (AvgIpc) is 3.43. The van der Waals surface area contributed by atoms with Gasteiger partial charge in [0.1, 0.15) is 5.82 Å². The van der Waals surface area contributed by atoms with Crippen molar-refractivity contribution >= 4 is 17.3 Å². The maximum Gasteiger partial charge on any atom is 0.170 e. The van der Waals surface area contributed by atoms with E-state index in [1.54, 1.807) is 12.1 Å². The summed E-state index contributed by atoms with van der Waals surface area (Å²) < 4.78 is 21.1. The Morgan fingerprint density at radius 1 is 1.03 bits per heavy atom. The van der Waals surface area contributed by atoms with Gasteiger partial charge in [-0.05, 0) is 60.7 Å². The van der Waals surface area contributed by atoms with Gasteiger partial charge in [-0.2, -0.15) is 0 Å². The molecule has 1 aromatic carbocycles. The second kappa shape index (κ2) is 9.36. The number of nitrogens with zero attached hydrogens (tertiary/aromatic N) is 4. The summed E-state index contributed by atoms with van der Waals surface area (Å²) in [4.78, 5) is 9.30. The zero-order valence-corrected chi connectivity index (χ0v) is 18.5. The van der Waals surface area contributed by atoms with E-state index in [1.165, 1.54) is 12.1 Å². The zero-order chi connectivity index (χ0) is 21.9. The van der Waals surface area contributed by atoms with E-state index in [2.05, 4.69) is 30.7 Å². The van der Waals surface area contributed by atoms with Crippen LogP contribution in [0.2, 0.25) is 0 Å². The lowest BCUT2D eigenvalue weighted by molar-refractivity contribution is 0.0349. The van der Waals surface area contributed by atoms with Gasteiger partial charge in [0.2, 0.25) is 0 Å². The maximum atomic E-state index is 13.5. The summed E-state index contributed by atoms with van der Waals surface area (Å²) in [7, 11) is 0. The van der Waals surface area contributed by atoms with Gasteiger partial charge in [-0.15, -0.1) is 0 Å². The number of halogens is 1. The van der Waals surface area contributed by atoms with Crippen molar-refractivity contribution in [3.05, 3.63) is 84.2 Å². The van der Waals surface area contributed by atoms with E-state index >= 15 is 0 Å². The van der Waals surface area contributed by atoms with Gasteiger partial charge in [-0.25, -0.2) is 4.39 Å². The molecule has 2 saturated heterocycles. The summed E-state index contributed by atoms with van der Waals surface area (Å²) in [6.45, 7) is 5.14. The van der Waals surface area contributed by atoms with Crippen LogP contribution < -0.4 is 5.32 Å². The summed E-state index contributed by atoms with van der Waals surface area (Å²) in [6.07, 6.45) is 3.83. The Morgan fingerprint density at radius 2 is 1.84 bits per heavy atom. The first-order chi connectivity index (χ1) is 15.7. The summed E-state index contributed by atoms with van der Waals surface area (Å²) in [5.74, 6) is -0.246. The third-order valence-electron chi connectivity index (χ3n) is 6.15. The lowest BCUT2D eigenvalue weighted by atomic mass is 10.0. The zero-order valence-electron chi connectivity index (χ0n) is 17.7. The third-order valence-corrected chi connectivity index (χ3v) is 6.50. The lowest BCUT2D eigenvalue weighted by Crippen LogP contribution is -2.42. The first-order valence-electron chi connectivity index (χ1n) is 10.9. The molecule has 0 aliphatic carbocycles. The van der Waals surface area contributed by atoms with Crippen LogP contribution in [0.5, 0.6) is 0 Å². The summed E-state index contributed by atoms with van der Waals surface area (Å²) >= 11 is 5.80. The van der Waals surface area contributed by atoms with Crippen LogP contribution in [-0.2, 0) is 4.74 Å². The molecule has 3 aromatic rings. The Morgan fingerprint density at radius 3 is 2.59 bits per heavy atom. The Labute approximate surface area is 192 Å². The van der Waals surface area contributed by atoms with Gasteiger partial charge >= 0.3 is 0 Å². The molecule has 6 nitrogen and oxygen atoms in total. The average molecular weight is 452 g/mol. The van der Waals surface area contributed by atoms with Crippen LogP contribution in [0.3, 0.4) is 0 Å². The number of ether oxygens (including phenoxy) is 1. The topological polar surface area (TPSA) is 45.6 Å². The molecule has 2 aliphatic heterocycles. The fourth-order valence-corrected chi connectivity index (χ4v) is 4.85. The molecule has 0 radical (unpaired) electrons. The van der Waals surface area contributed by atoms with E-state index in [1.807, 2.05) is 36.7 Å². The monoisotopic (exact) mass is 451 g/mol. The van der Waals surface area contributed by atoms with Crippen LogP contribution in [-0.4, -0.2) is 63.9 Å². The molecule has 5 rings (SSSR count). The van der Waals surface area contributed by atoms with Crippen molar-refractivity contribution in [3.8, 4) is 5.69 Å². The lowest BCUT2D eigenvalue weighted by Gasteiger charge is -2.32. The minimum Gasteiger partial charge on any atom is -0.379 e. The van der Waals surface area contributed by atoms with E-state index in [0.29, 0.717) is 0 Å². The number of rotatable bonds is 6. The molecule has 2 fully saturated rings. The normalized spacial score (nSPS) is 21.7. The van der Waals surface area contributed by atoms with Gasteiger partial charge < -0.3 is 19.5 Å². The predicted molar refractivity (Wildman–Crippen MR) is 125 cm³/mol. The number of nitrogens with one attached hydrogen (secondary N) is 1. The summed E-state index contributed by atoms with van der Waals surface area (Å²) in [5.41, 5.74) is 2.94. The molecule has 4 heterocycles. The SMILES string of the molecule is Fc1ccc(-n2cccc2[C@H]2[C@H](c3ccccn3)NC(=S)N2CCN2CCOCC2)cc1. The van der Waals surface area contributed by atoms with Gasteiger partial charge in [0.25, 0.3) is 0 Å². The molecule has 0 bridgehead atoms. The molecular formula is C24H26FN5OS. The highest BCUT2D eigenvalue weighted by molar-refractivity contribution is 7.80. The molecule has 0 saturated carbocycles. The van der Waals surface area contributed by atoms with Crippen LogP contribution >= 0.6 is 12.2 Å². The Balaban J connectivity index is 1.49. The number of hydrogen-bond donors (Lipinski definition) is 1.